The van der Waals surface area contributed by atoms with Crippen LogP contribution in [0.5, 0.6) is 0 Å². The van der Waals surface area contributed by atoms with Gasteiger partial charge in [0.2, 0.25) is 10.0 Å². The lowest BCUT2D eigenvalue weighted by atomic mass is 10.2. The lowest BCUT2D eigenvalue weighted by molar-refractivity contribution is 0.234. The van der Waals surface area contributed by atoms with Crippen LogP contribution in [0, 0.1) is 0 Å². The van der Waals surface area contributed by atoms with Crippen LogP contribution in [0.4, 0.5) is 0 Å². The first-order valence-electron chi connectivity index (χ1n) is 7.29. The molecule has 0 radical (unpaired) electrons. The van der Waals surface area contributed by atoms with E-state index < -0.39 is 10.0 Å². The van der Waals surface area contributed by atoms with Crippen LogP contribution < -0.4 is 0 Å². The van der Waals surface area contributed by atoms with E-state index in [9.17, 15) is 8.42 Å². The summed E-state index contributed by atoms with van der Waals surface area (Å²) >= 11 is 6.10. The molecule has 0 saturated heterocycles. The van der Waals surface area contributed by atoms with Gasteiger partial charge < -0.3 is 9.47 Å². The van der Waals surface area contributed by atoms with E-state index in [4.69, 9.17) is 11.6 Å². The summed E-state index contributed by atoms with van der Waals surface area (Å²) in [5, 5.41) is 0.246. The Kier molecular flexibility index (Phi) is 4.46. The third-order valence-corrected chi connectivity index (χ3v) is 6.23. The Morgan fingerprint density at radius 1 is 1.35 bits per heavy atom. The predicted molar refractivity (Wildman–Crippen MR) is 88.9 cm³/mol. The van der Waals surface area contributed by atoms with Gasteiger partial charge in [0, 0.05) is 19.3 Å². The first kappa shape index (κ1) is 16.4. The number of likely N-dealkylation sites (N-methyl/N-ethyl adjacent to an activating group) is 1. The van der Waals surface area contributed by atoms with Crippen LogP contribution in [0.3, 0.4) is 0 Å². The molecule has 0 spiro atoms. The van der Waals surface area contributed by atoms with Gasteiger partial charge in [0.15, 0.2) is 0 Å². The minimum absolute atomic E-state index is 0.0218. The maximum atomic E-state index is 13.0. The zero-order chi connectivity index (χ0) is 16.6. The number of rotatable bonds is 4. The number of benzene rings is 1. The lowest BCUT2D eigenvalue weighted by Crippen LogP contribution is -2.43. The van der Waals surface area contributed by atoms with Crippen molar-refractivity contribution in [2.75, 3.05) is 27.2 Å². The van der Waals surface area contributed by atoms with Crippen LogP contribution in [0.15, 0.2) is 41.7 Å². The van der Waals surface area contributed by atoms with E-state index in [0.717, 1.165) is 12.2 Å². The summed E-state index contributed by atoms with van der Waals surface area (Å²) in [7, 11) is 0.300. The number of fused-ring (bicyclic) bond motifs is 1. The second-order valence-corrected chi connectivity index (χ2v) is 8.25. The lowest BCUT2D eigenvalue weighted by Gasteiger charge is -2.35. The molecule has 0 bridgehead atoms. The Labute approximate surface area is 141 Å². The monoisotopic (exact) mass is 354 g/mol. The molecule has 0 amide bonds. The Morgan fingerprint density at radius 2 is 2.09 bits per heavy atom. The van der Waals surface area contributed by atoms with Gasteiger partial charge in [0.1, 0.15) is 4.90 Å². The molecule has 2 aromatic rings. The number of nitrogens with zero attached hydrogens (tertiary/aromatic N) is 4. The summed E-state index contributed by atoms with van der Waals surface area (Å²) in [6, 6.07) is 6.57. The first-order valence-corrected chi connectivity index (χ1v) is 9.11. The van der Waals surface area contributed by atoms with Crippen molar-refractivity contribution in [1.82, 2.24) is 18.8 Å². The highest BCUT2D eigenvalue weighted by Gasteiger charge is 2.34. The SMILES string of the molecule is CN(C)C[C@H]1CN(S(=O)(=O)c2ccccc2Cl)Cc2cncn21. The highest BCUT2D eigenvalue weighted by molar-refractivity contribution is 7.89. The maximum Gasteiger partial charge on any atom is 0.244 e. The van der Waals surface area contributed by atoms with E-state index in [1.54, 1.807) is 36.8 Å². The summed E-state index contributed by atoms with van der Waals surface area (Å²) in [5.41, 5.74) is 0.888. The molecule has 0 aliphatic carbocycles. The topological polar surface area (TPSA) is 58.4 Å². The van der Waals surface area contributed by atoms with Gasteiger partial charge in [0.05, 0.1) is 29.6 Å². The van der Waals surface area contributed by atoms with Crippen LogP contribution in [-0.4, -0.2) is 54.4 Å². The minimum atomic E-state index is -3.64. The van der Waals surface area contributed by atoms with E-state index in [-0.39, 0.29) is 16.0 Å². The van der Waals surface area contributed by atoms with E-state index in [1.807, 2.05) is 19.0 Å². The molecule has 8 heteroatoms. The standard InChI is InChI=1S/C15H19ClN4O2S/c1-18(2)8-13-10-19(9-12-7-17-11-20(12)13)23(21,22)15-6-4-3-5-14(15)16/h3-7,11,13H,8-10H2,1-2H3/t13-/m0/s1. The zero-order valence-electron chi connectivity index (χ0n) is 13.1. The molecule has 1 aliphatic heterocycles. The van der Waals surface area contributed by atoms with Crippen molar-refractivity contribution in [2.45, 2.75) is 17.5 Å². The van der Waals surface area contributed by atoms with Gasteiger partial charge >= 0.3 is 0 Å². The summed E-state index contributed by atoms with van der Waals surface area (Å²) in [6.45, 7) is 1.44. The fourth-order valence-electron chi connectivity index (χ4n) is 2.89. The van der Waals surface area contributed by atoms with E-state index in [1.165, 1.54) is 4.31 Å². The molecule has 6 nitrogen and oxygen atoms in total. The van der Waals surface area contributed by atoms with Gasteiger partial charge in [-0.25, -0.2) is 13.4 Å². The average molecular weight is 355 g/mol. The Bertz CT molecular complexity index is 803. The van der Waals surface area contributed by atoms with Crippen molar-refractivity contribution in [1.29, 1.82) is 0 Å². The summed E-state index contributed by atoms with van der Waals surface area (Å²) < 4.78 is 29.5. The summed E-state index contributed by atoms with van der Waals surface area (Å²) in [4.78, 5) is 6.36. The number of hydrogen-bond donors (Lipinski definition) is 0. The first-order chi connectivity index (χ1) is 10.9. The smallest absolute Gasteiger partial charge is 0.244 e. The van der Waals surface area contributed by atoms with Gasteiger partial charge in [-0.3, -0.25) is 0 Å². The molecule has 0 fully saturated rings. The van der Waals surface area contributed by atoms with Crippen LogP contribution in [0.1, 0.15) is 11.7 Å². The normalized spacial score (nSPS) is 19.0. The largest absolute Gasteiger partial charge is 0.328 e. The van der Waals surface area contributed by atoms with Crippen molar-refractivity contribution in [3.05, 3.63) is 47.5 Å². The number of hydrogen-bond acceptors (Lipinski definition) is 4. The molecule has 1 aliphatic rings. The Morgan fingerprint density at radius 3 is 2.78 bits per heavy atom. The van der Waals surface area contributed by atoms with Crippen molar-refractivity contribution < 1.29 is 8.42 Å². The van der Waals surface area contributed by atoms with Gasteiger partial charge in [-0.1, -0.05) is 23.7 Å². The second-order valence-electron chi connectivity index (χ2n) is 5.94. The van der Waals surface area contributed by atoms with Crippen molar-refractivity contribution in [2.24, 2.45) is 0 Å². The number of imidazole rings is 1. The molecule has 0 saturated carbocycles. The number of sulfonamides is 1. The fourth-order valence-corrected chi connectivity index (χ4v) is 4.84. The predicted octanol–water partition coefficient (Wildman–Crippen LogP) is 1.84. The van der Waals surface area contributed by atoms with Gasteiger partial charge in [0.25, 0.3) is 0 Å². The molecule has 3 rings (SSSR count). The molecular formula is C15H19ClN4O2S. The van der Waals surface area contributed by atoms with Gasteiger partial charge in [-0.15, -0.1) is 0 Å². The molecule has 1 aromatic heterocycles. The van der Waals surface area contributed by atoms with Gasteiger partial charge in [-0.05, 0) is 26.2 Å². The minimum Gasteiger partial charge on any atom is -0.328 e. The highest BCUT2D eigenvalue weighted by Crippen LogP contribution is 2.30. The van der Waals surface area contributed by atoms with Crippen LogP contribution in [0.25, 0.3) is 0 Å². The third-order valence-electron chi connectivity index (χ3n) is 3.92. The molecular weight excluding hydrogens is 336 g/mol. The molecule has 0 unspecified atom stereocenters. The highest BCUT2D eigenvalue weighted by atomic mass is 35.5. The fraction of sp³-hybridized carbons (Fsp3) is 0.400. The molecule has 124 valence electrons. The third kappa shape index (κ3) is 3.14. The zero-order valence-corrected chi connectivity index (χ0v) is 14.6. The second kappa shape index (κ2) is 6.24. The van der Waals surface area contributed by atoms with E-state index in [0.29, 0.717) is 13.1 Å². The molecule has 1 aromatic carbocycles. The van der Waals surface area contributed by atoms with Crippen LogP contribution in [0.2, 0.25) is 5.02 Å². The maximum absolute atomic E-state index is 13.0. The Balaban J connectivity index is 1.97. The van der Waals surface area contributed by atoms with Crippen molar-refractivity contribution in [3.8, 4) is 0 Å². The summed E-state index contributed by atoms with van der Waals surface area (Å²) in [6.07, 6.45) is 3.49. The molecule has 1 atom stereocenters. The van der Waals surface area contributed by atoms with Crippen molar-refractivity contribution in [3.63, 3.8) is 0 Å². The number of aromatic nitrogens is 2. The molecule has 23 heavy (non-hydrogen) atoms. The summed E-state index contributed by atoms with van der Waals surface area (Å²) in [5.74, 6) is 0. The molecule has 2 heterocycles. The Hall–Kier alpha value is -1.41. The van der Waals surface area contributed by atoms with Crippen LogP contribution >= 0.6 is 11.6 Å². The van der Waals surface area contributed by atoms with E-state index >= 15 is 0 Å². The van der Waals surface area contributed by atoms with Crippen LogP contribution in [-0.2, 0) is 16.6 Å². The quantitative estimate of drug-likeness (QED) is 0.840. The number of halogens is 1. The van der Waals surface area contributed by atoms with E-state index in [2.05, 4.69) is 9.55 Å². The average Bonchev–Trinajstić information content (AvgIpc) is 2.95. The van der Waals surface area contributed by atoms with Gasteiger partial charge in [-0.2, -0.15) is 4.31 Å². The van der Waals surface area contributed by atoms with Crippen molar-refractivity contribution >= 4 is 21.6 Å². The molecule has 0 N–H and O–H groups in total.